The van der Waals surface area contributed by atoms with Crippen LogP contribution >= 0.6 is 46.1 Å². The summed E-state index contributed by atoms with van der Waals surface area (Å²) in [4.78, 5) is 2.58. The molecule has 0 unspecified atom stereocenters. The summed E-state index contributed by atoms with van der Waals surface area (Å²) in [5.41, 5.74) is 6.42. The molecule has 0 aliphatic carbocycles. The summed E-state index contributed by atoms with van der Waals surface area (Å²) < 4.78 is 22.9. The molecule has 0 aliphatic rings. The number of benzene rings is 4. The molecule has 0 radical (unpaired) electrons. The van der Waals surface area contributed by atoms with E-state index >= 15 is 0 Å². The Morgan fingerprint density at radius 3 is 1.81 bits per heavy atom. The fourth-order valence-electron chi connectivity index (χ4n) is 5.27. The van der Waals surface area contributed by atoms with E-state index in [4.69, 9.17) is 8.75 Å². The first-order valence-corrected chi connectivity index (χ1v) is 16.4. The molecule has 0 amide bonds. The zero-order valence-corrected chi connectivity index (χ0v) is 23.7. The van der Waals surface area contributed by atoms with Gasteiger partial charge in [0.05, 0.1) is 0 Å². The van der Waals surface area contributed by atoms with Crippen LogP contribution in [-0.2, 0) is 0 Å². The molecule has 0 fully saturated rings. The molecule has 0 atom stereocenters. The minimum atomic E-state index is 0.288. The summed E-state index contributed by atoms with van der Waals surface area (Å²) in [6, 6.07) is 26.3. The van der Waals surface area contributed by atoms with Gasteiger partial charge in [-0.2, -0.15) is 0 Å². The first-order valence-electron chi connectivity index (χ1n) is 11.6. The van der Waals surface area contributed by atoms with E-state index in [1.807, 2.05) is 22.7 Å². The summed E-state index contributed by atoms with van der Waals surface area (Å²) in [6.07, 6.45) is 0. The molecule has 0 bridgehead atoms. The van der Waals surface area contributed by atoms with Crippen LogP contribution in [0.3, 0.4) is 0 Å². The van der Waals surface area contributed by atoms with E-state index in [2.05, 4.69) is 81.5 Å². The van der Waals surface area contributed by atoms with Gasteiger partial charge in [-0.05, 0) is 0 Å². The average Bonchev–Trinajstić information content (AvgIpc) is 3.73. The Morgan fingerprint density at radius 1 is 0.568 bits per heavy atom. The summed E-state index contributed by atoms with van der Waals surface area (Å²) in [7, 11) is 0. The first kappa shape index (κ1) is 21.0. The first-order chi connectivity index (χ1) is 18.3. The van der Waals surface area contributed by atoms with Crippen molar-refractivity contribution in [2.45, 2.75) is 0 Å². The second-order valence-corrected chi connectivity index (χ2v) is 14.9. The Morgan fingerprint density at radius 2 is 1.16 bits per heavy atom. The van der Waals surface area contributed by atoms with Crippen LogP contribution in [0.4, 0.5) is 0 Å². The standard InChI is InChI=1S/C28H12N4S4Se/c1-3-7-15-13(5-1)9-18-25(31-35-29-18)23(15)20-11-17-27-22(37-28(17)34-20)12-21(33-27)24-16-8-4-2-6-14(16)10-19-26(24)32-36-30-19/h1-12H. The molecule has 37 heavy (non-hydrogen) atoms. The van der Waals surface area contributed by atoms with E-state index in [9.17, 15) is 0 Å². The Bertz CT molecular complexity index is 2170. The molecule has 5 heterocycles. The van der Waals surface area contributed by atoms with Gasteiger partial charge in [-0.15, -0.1) is 0 Å². The van der Waals surface area contributed by atoms with E-state index in [-0.39, 0.29) is 14.5 Å². The molecule has 0 N–H and O–H groups in total. The molecule has 0 saturated heterocycles. The van der Waals surface area contributed by atoms with Crippen LogP contribution in [0, 0.1) is 0 Å². The van der Waals surface area contributed by atoms with Gasteiger partial charge in [0.25, 0.3) is 0 Å². The van der Waals surface area contributed by atoms with Gasteiger partial charge in [0.15, 0.2) is 0 Å². The Kier molecular flexibility index (Phi) is 4.38. The fraction of sp³-hybridized carbons (Fsp3) is 0. The summed E-state index contributed by atoms with van der Waals surface area (Å²) >= 11 is 6.71. The van der Waals surface area contributed by atoms with Crippen molar-refractivity contribution in [2.75, 3.05) is 0 Å². The predicted octanol–water partition coefficient (Wildman–Crippen LogP) is 8.82. The van der Waals surface area contributed by atoms with Crippen LogP contribution < -0.4 is 0 Å². The van der Waals surface area contributed by atoms with E-state index in [0.29, 0.717) is 0 Å². The molecule has 5 aromatic heterocycles. The van der Waals surface area contributed by atoms with Crippen LogP contribution in [-0.4, -0.2) is 32.0 Å². The van der Waals surface area contributed by atoms with Gasteiger partial charge < -0.3 is 0 Å². The van der Waals surface area contributed by atoms with Gasteiger partial charge in [-0.3, -0.25) is 0 Å². The van der Waals surface area contributed by atoms with Crippen LogP contribution in [0.5, 0.6) is 0 Å². The molecule has 4 nitrogen and oxygen atoms in total. The Balaban J connectivity index is 1.30. The van der Waals surface area contributed by atoms with Gasteiger partial charge in [-0.25, -0.2) is 0 Å². The zero-order chi connectivity index (χ0) is 24.1. The number of hydrogen-bond donors (Lipinski definition) is 0. The van der Waals surface area contributed by atoms with E-state index in [0.717, 1.165) is 22.1 Å². The monoisotopic (exact) mass is 612 g/mol. The molecule has 0 saturated carbocycles. The summed E-state index contributed by atoms with van der Waals surface area (Å²) in [6.45, 7) is 0. The number of hydrogen-bond acceptors (Lipinski definition) is 8. The molecule has 0 spiro atoms. The normalized spacial score (nSPS) is 12.3. The third kappa shape index (κ3) is 2.98. The molecule has 9 heteroatoms. The van der Waals surface area contributed by atoms with Crippen molar-refractivity contribution in [3.63, 3.8) is 0 Å². The topological polar surface area (TPSA) is 51.6 Å². The van der Waals surface area contributed by atoms with Gasteiger partial charge in [0, 0.05) is 0 Å². The molecule has 9 rings (SSSR count). The van der Waals surface area contributed by atoms with Crippen molar-refractivity contribution in [3.05, 3.63) is 72.8 Å². The molecular weight excluding hydrogens is 600 g/mol. The molecule has 174 valence electrons. The average molecular weight is 612 g/mol. The number of rotatable bonds is 2. The fourth-order valence-corrected chi connectivity index (χ4v) is 12.4. The van der Waals surface area contributed by atoms with Crippen molar-refractivity contribution in [1.82, 2.24) is 17.5 Å². The van der Waals surface area contributed by atoms with E-state index in [1.54, 1.807) is 0 Å². The van der Waals surface area contributed by atoms with Crippen LogP contribution in [0.2, 0.25) is 0 Å². The summed E-state index contributed by atoms with van der Waals surface area (Å²) in [5, 5.41) is 6.31. The van der Waals surface area contributed by atoms with E-state index < -0.39 is 0 Å². The van der Waals surface area contributed by atoms with Crippen molar-refractivity contribution in [1.29, 1.82) is 0 Å². The van der Waals surface area contributed by atoms with Crippen LogP contribution in [0.25, 0.3) is 82.4 Å². The van der Waals surface area contributed by atoms with Gasteiger partial charge in [0.2, 0.25) is 0 Å². The van der Waals surface area contributed by atoms with Crippen molar-refractivity contribution >= 4 is 122 Å². The number of aromatic nitrogens is 4. The van der Waals surface area contributed by atoms with Crippen molar-refractivity contribution < 1.29 is 0 Å². The SMILES string of the molecule is c1ccc2c(-c3cc4c(s3)[se]c3cc(-c5c6ccccc6cc6nsnc56)sc34)c3nsnc3cc2c1. The Labute approximate surface area is 231 Å². The van der Waals surface area contributed by atoms with Crippen molar-refractivity contribution in [2.24, 2.45) is 0 Å². The molecule has 9 aromatic rings. The summed E-state index contributed by atoms with van der Waals surface area (Å²) in [5.74, 6) is 0. The second kappa shape index (κ2) is 7.74. The third-order valence-electron chi connectivity index (χ3n) is 6.88. The van der Waals surface area contributed by atoms with Crippen molar-refractivity contribution in [3.8, 4) is 20.9 Å². The minimum absolute atomic E-state index is 0.288. The second-order valence-electron chi connectivity index (χ2n) is 8.93. The van der Waals surface area contributed by atoms with Gasteiger partial charge >= 0.3 is 233 Å². The van der Waals surface area contributed by atoms with Crippen LogP contribution in [0.1, 0.15) is 0 Å². The number of fused-ring (bicyclic) bond motifs is 7. The van der Waals surface area contributed by atoms with Gasteiger partial charge in [-0.1, -0.05) is 0 Å². The third-order valence-corrected chi connectivity index (χ3v) is 13.3. The molecule has 0 aliphatic heterocycles. The maximum atomic E-state index is 4.70. The Hall–Kier alpha value is -3.04. The number of nitrogens with zero attached hydrogens (tertiary/aromatic N) is 4. The maximum absolute atomic E-state index is 4.70. The predicted molar refractivity (Wildman–Crippen MR) is 162 cm³/mol. The quantitative estimate of drug-likeness (QED) is 0.183. The molecular formula is C28H12N4S4Se. The molecule has 4 aromatic carbocycles. The number of thiophene rings is 2. The zero-order valence-electron chi connectivity index (χ0n) is 18.8. The van der Waals surface area contributed by atoms with E-state index in [1.165, 1.54) is 83.8 Å². The van der Waals surface area contributed by atoms with Crippen LogP contribution in [0.15, 0.2) is 72.8 Å². The van der Waals surface area contributed by atoms with Gasteiger partial charge in [0.1, 0.15) is 0 Å².